The van der Waals surface area contributed by atoms with Crippen molar-refractivity contribution in [3.63, 3.8) is 0 Å². The quantitative estimate of drug-likeness (QED) is 0.212. The van der Waals surface area contributed by atoms with E-state index in [1.807, 2.05) is 42.5 Å². The van der Waals surface area contributed by atoms with Crippen molar-refractivity contribution in [1.82, 2.24) is 9.80 Å². The number of benzene rings is 4. The first-order chi connectivity index (χ1) is 21.9. The van der Waals surface area contributed by atoms with E-state index in [-0.39, 0.29) is 0 Å². The first-order valence-corrected chi connectivity index (χ1v) is 16.0. The molecule has 234 valence electrons. The van der Waals surface area contributed by atoms with Crippen LogP contribution in [0.5, 0.6) is 11.5 Å². The van der Waals surface area contributed by atoms with Crippen molar-refractivity contribution in [1.29, 1.82) is 0 Å². The number of aliphatic imine (C=N–C) groups is 1. The van der Waals surface area contributed by atoms with Crippen LogP contribution in [0.2, 0.25) is 5.02 Å². The van der Waals surface area contributed by atoms with Crippen LogP contribution in [-0.4, -0.2) is 49.0 Å². The Balaban J connectivity index is 1.34. The van der Waals surface area contributed by atoms with Gasteiger partial charge in [0.15, 0.2) is 0 Å². The summed E-state index contributed by atoms with van der Waals surface area (Å²) < 4.78 is 10.8. The van der Waals surface area contributed by atoms with Crippen molar-refractivity contribution in [2.75, 3.05) is 27.3 Å². The first kappa shape index (κ1) is 31.1. The Labute approximate surface area is 271 Å². The first-order valence-electron chi connectivity index (χ1n) is 15.6. The van der Waals surface area contributed by atoms with Gasteiger partial charge in [0.2, 0.25) is 0 Å². The minimum Gasteiger partial charge on any atom is -0.497 e. The lowest BCUT2D eigenvalue weighted by molar-refractivity contribution is 0.331. The second kappa shape index (κ2) is 13.6. The van der Waals surface area contributed by atoms with Crippen LogP contribution in [0.3, 0.4) is 0 Å². The van der Waals surface area contributed by atoms with Crippen LogP contribution in [0, 0.1) is 0 Å². The zero-order valence-electron chi connectivity index (χ0n) is 26.1. The average Bonchev–Trinajstić information content (AvgIpc) is 3.58. The summed E-state index contributed by atoms with van der Waals surface area (Å²) in [6, 6.07) is 30.1. The van der Waals surface area contributed by atoms with E-state index in [2.05, 4.69) is 58.3 Å². The lowest BCUT2D eigenvalue weighted by atomic mass is 9.75. The van der Waals surface area contributed by atoms with Crippen molar-refractivity contribution in [3.8, 4) is 11.5 Å². The number of nitrogens with zero attached hydrogens (tertiary/aromatic N) is 3. The fourth-order valence-corrected chi connectivity index (χ4v) is 6.76. The van der Waals surface area contributed by atoms with E-state index in [1.54, 1.807) is 14.2 Å². The maximum absolute atomic E-state index is 7.44. The number of para-hydroxylation sites is 1. The molecule has 6 rings (SSSR count). The molecule has 7 nitrogen and oxygen atoms in total. The lowest BCUT2D eigenvalue weighted by Gasteiger charge is -2.43. The SMILES string of the molecule is COc1ccc(CN(Cc2ccc(OC)cc2)C2=Nc3ccccc3C(N)(Cc3ccc(CN4CCCC4)c(Cl)c3)C2N)cc1. The minimum atomic E-state index is -0.911. The summed E-state index contributed by atoms with van der Waals surface area (Å²) >= 11 is 6.86. The average molecular weight is 624 g/mol. The van der Waals surface area contributed by atoms with Gasteiger partial charge >= 0.3 is 0 Å². The molecular weight excluding hydrogens is 582 g/mol. The Morgan fingerprint density at radius 2 is 1.42 bits per heavy atom. The number of fused-ring (bicyclic) bond motifs is 1. The van der Waals surface area contributed by atoms with Gasteiger partial charge in [-0.3, -0.25) is 4.90 Å². The van der Waals surface area contributed by atoms with Crippen molar-refractivity contribution in [3.05, 3.63) is 124 Å². The van der Waals surface area contributed by atoms with E-state index < -0.39 is 11.6 Å². The van der Waals surface area contributed by atoms with Crippen molar-refractivity contribution in [2.24, 2.45) is 16.5 Å². The van der Waals surface area contributed by atoms with Gasteiger partial charge in [-0.05, 0) is 91.0 Å². The maximum atomic E-state index is 7.44. The number of methoxy groups -OCH3 is 2. The molecule has 2 aliphatic heterocycles. The molecular formula is C37H42ClN5O2. The van der Waals surface area contributed by atoms with Gasteiger partial charge in [-0.25, -0.2) is 4.99 Å². The van der Waals surface area contributed by atoms with E-state index >= 15 is 0 Å². The largest absolute Gasteiger partial charge is 0.497 e. The van der Waals surface area contributed by atoms with Crippen LogP contribution in [-0.2, 0) is 31.6 Å². The van der Waals surface area contributed by atoms with Crippen LogP contribution in [0.4, 0.5) is 5.69 Å². The molecule has 0 radical (unpaired) electrons. The molecule has 0 aliphatic carbocycles. The van der Waals surface area contributed by atoms with Crippen LogP contribution < -0.4 is 20.9 Å². The predicted octanol–water partition coefficient (Wildman–Crippen LogP) is 6.42. The molecule has 1 fully saturated rings. The number of rotatable bonds is 10. The molecule has 2 unspecified atom stereocenters. The highest BCUT2D eigenvalue weighted by Crippen LogP contribution is 2.39. The van der Waals surface area contributed by atoms with Gasteiger partial charge in [-0.1, -0.05) is 66.2 Å². The van der Waals surface area contributed by atoms with E-state index in [9.17, 15) is 0 Å². The van der Waals surface area contributed by atoms with Crippen LogP contribution in [0.1, 0.15) is 40.7 Å². The van der Waals surface area contributed by atoms with Gasteiger partial charge in [-0.15, -0.1) is 0 Å². The van der Waals surface area contributed by atoms with Crippen molar-refractivity contribution >= 4 is 23.1 Å². The summed E-state index contributed by atoms with van der Waals surface area (Å²) in [5.41, 5.74) is 19.9. The fourth-order valence-electron chi connectivity index (χ4n) is 6.50. The van der Waals surface area contributed by atoms with Gasteiger partial charge in [0.1, 0.15) is 17.3 Å². The monoisotopic (exact) mass is 623 g/mol. The Kier molecular flexibility index (Phi) is 9.42. The summed E-state index contributed by atoms with van der Waals surface area (Å²) in [4.78, 5) is 9.86. The molecule has 0 spiro atoms. The van der Waals surface area contributed by atoms with Crippen LogP contribution in [0.25, 0.3) is 0 Å². The third-order valence-corrected chi connectivity index (χ3v) is 9.42. The summed E-state index contributed by atoms with van der Waals surface area (Å²) in [6.07, 6.45) is 3.02. The maximum Gasteiger partial charge on any atom is 0.125 e. The Morgan fingerprint density at radius 1 is 0.844 bits per heavy atom. The zero-order chi connectivity index (χ0) is 31.4. The summed E-state index contributed by atoms with van der Waals surface area (Å²) in [6.45, 7) is 4.32. The summed E-state index contributed by atoms with van der Waals surface area (Å²) in [5, 5.41) is 0.773. The third-order valence-electron chi connectivity index (χ3n) is 9.07. The number of hydrogen-bond acceptors (Lipinski definition) is 7. The number of halogens is 1. The van der Waals surface area contributed by atoms with Gasteiger partial charge < -0.3 is 25.8 Å². The van der Waals surface area contributed by atoms with Crippen molar-refractivity contribution < 1.29 is 9.47 Å². The minimum absolute atomic E-state index is 0.521. The number of nitrogens with two attached hydrogens (primary N) is 2. The van der Waals surface area contributed by atoms with Gasteiger partial charge in [0.05, 0.1) is 31.5 Å². The van der Waals surface area contributed by atoms with Gasteiger partial charge in [-0.2, -0.15) is 0 Å². The van der Waals surface area contributed by atoms with Gasteiger partial charge in [0, 0.05) is 30.2 Å². The molecule has 4 N–H and O–H groups in total. The second-order valence-electron chi connectivity index (χ2n) is 12.1. The van der Waals surface area contributed by atoms with E-state index in [4.69, 9.17) is 37.5 Å². The van der Waals surface area contributed by atoms with Crippen LogP contribution >= 0.6 is 11.6 Å². The van der Waals surface area contributed by atoms with E-state index in [0.29, 0.717) is 19.5 Å². The molecule has 8 heteroatoms. The molecule has 0 saturated carbocycles. The number of amidine groups is 1. The molecule has 2 atom stereocenters. The third kappa shape index (κ3) is 6.87. The molecule has 45 heavy (non-hydrogen) atoms. The fraction of sp³-hybridized carbons (Fsp3) is 0.324. The summed E-state index contributed by atoms with van der Waals surface area (Å²) in [5.74, 6) is 2.37. The normalized spacial score (nSPS) is 19.6. The Morgan fingerprint density at radius 3 is 2.00 bits per heavy atom. The van der Waals surface area contributed by atoms with Gasteiger partial charge in [0.25, 0.3) is 0 Å². The smallest absolute Gasteiger partial charge is 0.125 e. The lowest BCUT2D eigenvalue weighted by Crippen LogP contribution is -2.62. The highest BCUT2D eigenvalue weighted by molar-refractivity contribution is 6.31. The molecule has 0 aromatic heterocycles. The Bertz CT molecular complexity index is 1590. The van der Waals surface area contributed by atoms with E-state index in [0.717, 1.165) is 75.5 Å². The zero-order valence-corrected chi connectivity index (χ0v) is 26.8. The number of ether oxygens (including phenoxy) is 2. The standard InChI is InChI=1S/C37H42ClN5O2/c1-44-30-15-10-26(11-16-30)23-43(24-27-12-17-31(45-2)18-13-27)36-35(39)37(40,32-7-3-4-8-34(32)41-36)22-28-9-14-29(33(38)21-28)25-42-19-5-6-20-42/h3-4,7-18,21,35H,5-6,19-20,22-25,39-40H2,1-2H3. The molecule has 2 heterocycles. The molecule has 0 amide bonds. The van der Waals surface area contributed by atoms with Crippen LogP contribution in [0.15, 0.2) is 96.0 Å². The number of likely N-dealkylation sites (tertiary alicyclic amines) is 1. The highest BCUT2D eigenvalue weighted by Gasteiger charge is 2.44. The molecule has 4 aromatic carbocycles. The van der Waals surface area contributed by atoms with Crippen molar-refractivity contribution in [2.45, 2.75) is 50.5 Å². The molecule has 1 saturated heterocycles. The number of hydrogen-bond donors (Lipinski definition) is 2. The van der Waals surface area contributed by atoms with E-state index in [1.165, 1.54) is 12.8 Å². The molecule has 2 aliphatic rings. The summed E-state index contributed by atoms with van der Waals surface area (Å²) in [7, 11) is 3.35. The topological polar surface area (TPSA) is 89.3 Å². The molecule has 0 bridgehead atoms. The predicted molar refractivity (Wildman–Crippen MR) is 182 cm³/mol. The second-order valence-corrected chi connectivity index (χ2v) is 12.6. The molecule has 4 aromatic rings. The highest BCUT2D eigenvalue weighted by atomic mass is 35.5. The Hall–Kier alpha value is -3.88.